The second kappa shape index (κ2) is 4.50. The Bertz CT molecular complexity index is 365. The molecule has 0 radical (unpaired) electrons. The second-order valence-corrected chi connectivity index (χ2v) is 2.82. The first-order valence-electron chi connectivity index (χ1n) is 4.04. The van der Waals surface area contributed by atoms with Gasteiger partial charge >= 0.3 is 0 Å². The van der Waals surface area contributed by atoms with Crippen LogP contribution in [-0.4, -0.2) is 13.1 Å². The Morgan fingerprint density at radius 3 is 3.00 bits per heavy atom. The van der Waals surface area contributed by atoms with Gasteiger partial charge in [-0.25, -0.2) is 4.99 Å². The van der Waals surface area contributed by atoms with Gasteiger partial charge < -0.3 is 15.8 Å². The van der Waals surface area contributed by atoms with Crippen LogP contribution in [0, 0.1) is 0 Å². The van der Waals surface area contributed by atoms with E-state index in [0.717, 1.165) is 17.0 Å². The molecule has 76 valence electrons. The number of hydrogen-bond acceptors (Lipinski definition) is 4. The second-order valence-electron chi connectivity index (χ2n) is 2.82. The lowest BCUT2D eigenvalue weighted by Crippen LogP contribution is -2.26. The molecule has 0 spiro atoms. The first kappa shape index (κ1) is 11.1. The Hall–Kier alpha value is -0.980. The predicted octanol–water partition coefficient (Wildman–Crippen LogP) is 1.55. The Kier molecular flexibility index (Phi) is 3.56. The van der Waals surface area contributed by atoms with Crippen LogP contribution in [0.5, 0.6) is 5.75 Å². The number of guanidine groups is 1. The van der Waals surface area contributed by atoms with E-state index in [2.05, 4.69) is 10.3 Å². The van der Waals surface area contributed by atoms with Crippen LogP contribution in [0.1, 0.15) is 5.56 Å². The first-order chi connectivity index (χ1) is 6.31. The van der Waals surface area contributed by atoms with Crippen molar-refractivity contribution in [3.05, 3.63) is 23.8 Å². The topological polar surface area (TPSA) is 59.6 Å². The molecule has 3 N–H and O–H groups in total. The zero-order valence-corrected chi connectivity index (χ0v) is 10.1. The lowest BCUT2D eigenvalue weighted by Gasteiger charge is -2.18. The molecule has 0 atom stereocenters. The quantitative estimate of drug-likeness (QED) is 0.774. The predicted molar refractivity (Wildman–Crippen MR) is 67.4 cm³/mol. The largest absolute Gasteiger partial charge is 0.495 e. The molecule has 1 aliphatic rings. The molecule has 0 aliphatic carbocycles. The van der Waals surface area contributed by atoms with Crippen LogP contribution in [0.4, 0.5) is 5.69 Å². The van der Waals surface area contributed by atoms with Gasteiger partial charge in [0.15, 0.2) is 5.96 Å². The fourth-order valence-corrected chi connectivity index (χ4v) is 1.36. The number of anilines is 1. The van der Waals surface area contributed by atoms with Crippen molar-refractivity contribution in [1.82, 2.24) is 0 Å². The van der Waals surface area contributed by atoms with Crippen molar-refractivity contribution in [3.63, 3.8) is 0 Å². The highest BCUT2D eigenvalue weighted by Gasteiger charge is 2.12. The molecule has 4 nitrogen and oxygen atoms in total. The smallest absolute Gasteiger partial charge is 0.193 e. The Morgan fingerprint density at radius 1 is 1.50 bits per heavy atom. The van der Waals surface area contributed by atoms with Gasteiger partial charge in [-0.05, 0) is 6.07 Å². The van der Waals surface area contributed by atoms with E-state index in [0.29, 0.717) is 12.5 Å². The summed E-state index contributed by atoms with van der Waals surface area (Å²) in [6.45, 7) is 0.616. The number of rotatable bonds is 1. The molecule has 1 aromatic carbocycles. The maximum atomic E-state index is 5.56. The van der Waals surface area contributed by atoms with Gasteiger partial charge in [-0.3, -0.25) is 0 Å². The lowest BCUT2D eigenvalue weighted by atomic mass is 10.1. The molecule has 14 heavy (non-hydrogen) atoms. The van der Waals surface area contributed by atoms with E-state index in [-0.39, 0.29) is 24.0 Å². The van der Waals surface area contributed by atoms with Crippen LogP contribution in [0.15, 0.2) is 23.2 Å². The van der Waals surface area contributed by atoms with Crippen molar-refractivity contribution in [3.8, 4) is 5.75 Å². The average Bonchev–Trinajstić information content (AvgIpc) is 2.17. The summed E-state index contributed by atoms with van der Waals surface area (Å²) in [6, 6.07) is 5.83. The van der Waals surface area contributed by atoms with E-state index in [1.165, 1.54) is 0 Å². The number of aliphatic imine (C=N–C) groups is 1. The van der Waals surface area contributed by atoms with Crippen LogP contribution < -0.4 is 15.8 Å². The van der Waals surface area contributed by atoms with Gasteiger partial charge in [-0.15, -0.1) is 24.0 Å². The first-order valence-corrected chi connectivity index (χ1v) is 4.04. The molecular formula is C9H12IN3O. The highest BCUT2D eigenvalue weighted by molar-refractivity contribution is 14.0. The van der Waals surface area contributed by atoms with Gasteiger partial charge in [0.05, 0.1) is 19.3 Å². The lowest BCUT2D eigenvalue weighted by molar-refractivity contribution is 0.416. The standard InChI is InChI=1S/C9H11N3O.HI/c1-13-7-4-2-3-6-5-11-9(10)12-8(6)7;/h2-4H,5H2,1H3,(H3,10,11,12);1H. The Labute approximate surface area is 99.6 Å². The number of nitrogens with two attached hydrogens (primary N) is 1. The number of nitrogens with zero attached hydrogens (tertiary/aromatic N) is 1. The SMILES string of the molecule is COc1cccc2c1NC(N)=NC2.I. The number of halogens is 1. The number of nitrogens with one attached hydrogen (secondary N) is 1. The van der Waals surface area contributed by atoms with E-state index in [1.807, 2.05) is 18.2 Å². The minimum Gasteiger partial charge on any atom is -0.495 e. The number of ether oxygens (including phenoxy) is 1. The zero-order chi connectivity index (χ0) is 9.26. The van der Waals surface area contributed by atoms with Crippen LogP contribution in [0.3, 0.4) is 0 Å². The van der Waals surface area contributed by atoms with Crippen molar-refractivity contribution in [2.45, 2.75) is 6.54 Å². The molecule has 0 saturated heterocycles. The highest BCUT2D eigenvalue weighted by Crippen LogP contribution is 2.30. The van der Waals surface area contributed by atoms with Crippen molar-refractivity contribution in [2.24, 2.45) is 10.7 Å². The van der Waals surface area contributed by atoms with E-state index >= 15 is 0 Å². The van der Waals surface area contributed by atoms with Crippen LogP contribution in [-0.2, 0) is 6.54 Å². The van der Waals surface area contributed by atoms with Crippen molar-refractivity contribution < 1.29 is 4.74 Å². The van der Waals surface area contributed by atoms with E-state index in [9.17, 15) is 0 Å². The molecular weight excluding hydrogens is 293 g/mol. The molecule has 0 saturated carbocycles. The third-order valence-corrected chi connectivity index (χ3v) is 2.01. The minimum atomic E-state index is 0. The normalized spacial score (nSPS) is 13.1. The summed E-state index contributed by atoms with van der Waals surface area (Å²) in [4.78, 5) is 4.07. The summed E-state index contributed by atoms with van der Waals surface area (Å²) < 4.78 is 5.19. The fourth-order valence-electron chi connectivity index (χ4n) is 1.36. The van der Waals surface area contributed by atoms with Crippen molar-refractivity contribution in [2.75, 3.05) is 12.4 Å². The summed E-state index contributed by atoms with van der Waals surface area (Å²) >= 11 is 0. The maximum Gasteiger partial charge on any atom is 0.193 e. The van der Waals surface area contributed by atoms with Gasteiger partial charge in [0.25, 0.3) is 0 Å². The van der Waals surface area contributed by atoms with Gasteiger partial charge in [0, 0.05) is 5.56 Å². The molecule has 2 rings (SSSR count). The average molecular weight is 305 g/mol. The van der Waals surface area contributed by atoms with Crippen molar-refractivity contribution >= 4 is 35.6 Å². The summed E-state index contributed by atoms with van der Waals surface area (Å²) in [5, 5.41) is 2.98. The molecule has 0 aromatic heterocycles. The molecule has 5 heteroatoms. The highest BCUT2D eigenvalue weighted by atomic mass is 127. The molecule has 0 amide bonds. The Balaban J connectivity index is 0.000000980. The van der Waals surface area contributed by atoms with E-state index < -0.39 is 0 Å². The number of para-hydroxylation sites is 1. The monoisotopic (exact) mass is 305 g/mol. The van der Waals surface area contributed by atoms with Gasteiger partial charge in [-0.2, -0.15) is 0 Å². The van der Waals surface area contributed by atoms with Gasteiger partial charge in [0.1, 0.15) is 5.75 Å². The van der Waals surface area contributed by atoms with Gasteiger partial charge in [0.2, 0.25) is 0 Å². The summed E-state index contributed by atoms with van der Waals surface area (Å²) in [7, 11) is 1.64. The van der Waals surface area contributed by atoms with Crippen molar-refractivity contribution in [1.29, 1.82) is 0 Å². The fraction of sp³-hybridized carbons (Fsp3) is 0.222. The number of fused-ring (bicyclic) bond motifs is 1. The molecule has 0 unspecified atom stereocenters. The maximum absolute atomic E-state index is 5.56. The molecule has 1 heterocycles. The molecule has 1 aromatic rings. The van der Waals surface area contributed by atoms with E-state index in [1.54, 1.807) is 7.11 Å². The van der Waals surface area contributed by atoms with Crippen LogP contribution >= 0.6 is 24.0 Å². The van der Waals surface area contributed by atoms with E-state index in [4.69, 9.17) is 10.5 Å². The molecule has 0 fully saturated rings. The number of hydrogen-bond donors (Lipinski definition) is 2. The molecule has 0 bridgehead atoms. The van der Waals surface area contributed by atoms with Gasteiger partial charge in [-0.1, -0.05) is 12.1 Å². The summed E-state index contributed by atoms with van der Waals surface area (Å²) in [5.41, 5.74) is 7.59. The number of methoxy groups -OCH3 is 1. The third kappa shape index (κ3) is 1.92. The minimum absolute atomic E-state index is 0. The Morgan fingerprint density at radius 2 is 2.29 bits per heavy atom. The van der Waals surface area contributed by atoms with Crippen LogP contribution in [0.25, 0.3) is 0 Å². The summed E-state index contributed by atoms with van der Waals surface area (Å²) in [5.74, 6) is 1.24. The van der Waals surface area contributed by atoms with Crippen LogP contribution in [0.2, 0.25) is 0 Å². The zero-order valence-electron chi connectivity index (χ0n) is 7.78. The molecule has 1 aliphatic heterocycles. The summed E-state index contributed by atoms with van der Waals surface area (Å²) in [6.07, 6.45) is 0. The number of benzene rings is 1. The third-order valence-electron chi connectivity index (χ3n) is 2.01.